The van der Waals surface area contributed by atoms with Crippen LogP contribution in [0.1, 0.15) is 19.3 Å². The molecule has 0 aromatic carbocycles. The zero-order valence-electron chi connectivity index (χ0n) is 8.21. The van der Waals surface area contributed by atoms with E-state index in [9.17, 15) is 5.26 Å². The second kappa shape index (κ2) is 3.28. The molecule has 0 saturated carbocycles. The number of hydrogen-bond acceptors (Lipinski definition) is 3. The van der Waals surface area contributed by atoms with E-state index in [0.29, 0.717) is 5.92 Å². The van der Waals surface area contributed by atoms with Crippen LogP contribution in [-0.4, -0.2) is 37.1 Å². The van der Waals surface area contributed by atoms with Gasteiger partial charge in [0.2, 0.25) is 0 Å². The smallest absolute Gasteiger partial charge is 0.111 e. The monoisotopic (exact) mass is 179 g/mol. The van der Waals surface area contributed by atoms with E-state index in [1.165, 1.54) is 19.4 Å². The highest BCUT2D eigenvalue weighted by molar-refractivity contribution is 5.14. The van der Waals surface area contributed by atoms with Crippen molar-refractivity contribution in [1.82, 2.24) is 10.2 Å². The minimum Gasteiger partial charge on any atom is -0.303 e. The van der Waals surface area contributed by atoms with E-state index < -0.39 is 0 Å². The number of rotatable bonds is 1. The van der Waals surface area contributed by atoms with Crippen LogP contribution < -0.4 is 5.32 Å². The zero-order valence-corrected chi connectivity index (χ0v) is 8.21. The van der Waals surface area contributed by atoms with Crippen molar-refractivity contribution >= 4 is 0 Å². The summed E-state index contributed by atoms with van der Waals surface area (Å²) in [5.74, 6) is 0.546. The lowest BCUT2D eigenvalue weighted by atomic mass is 9.74. The summed E-state index contributed by atoms with van der Waals surface area (Å²) in [5, 5.41) is 12.5. The number of nitrogens with one attached hydrogen (secondary N) is 1. The Morgan fingerprint density at radius 1 is 1.54 bits per heavy atom. The van der Waals surface area contributed by atoms with Crippen molar-refractivity contribution in [2.45, 2.75) is 24.8 Å². The largest absolute Gasteiger partial charge is 0.303 e. The van der Waals surface area contributed by atoms with Crippen LogP contribution in [0.25, 0.3) is 0 Å². The fourth-order valence-corrected chi connectivity index (χ4v) is 2.73. The summed E-state index contributed by atoms with van der Waals surface area (Å²) in [4.78, 5) is 2.49. The van der Waals surface area contributed by atoms with Gasteiger partial charge in [-0.2, -0.15) is 5.26 Å². The maximum Gasteiger partial charge on any atom is 0.111 e. The van der Waals surface area contributed by atoms with Gasteiger partial charge in [-0.15, -0.1) is 0 Å². The second-order valence-corrected chi connectivity index (χ2v) is 4.22. The molecule has 0 spiro atoms. The Balaban J connectivity index is 2.17. The summed E-state index contributed by atoms with van der Waals surface area (Å²) in [5.41, 5.74) is -0.225. The highest BCUT2D eigenvalue weighted by atomic mass is 15.2. The molecular weight excluding hydrogens is 162 g/mol. The number of piperidine rings is 2. The van der Waals surface area contributed by atoms with Crippen molar-refractivity contribution in [3.8, 4) is 6.07 Å². The Labute approximate surface area is 79.7 Å². The standard InChI is InChI=1S/C10H17N3/c1-12-10(8-11)4-6-13-5-2-3-9(10)7-13/h9,12H,2-7H2,1H3. The van der Waals surface area contributed by atoms with Crippen molar-refractivity contribution in [2.24, 2.45) is 5.92 Å². The molecule has 72 valence electrons. The van der Waals surface area contributed by atoms with Crippen LogP contribution in [0.4, 0.5) is 0 Å². The fraction of sp³-hybridized carbons (Fsp3) is 0.900. The predicted octanol–water partition coefficient (Wildman–Crippen LogP) is 0.584. The van der Waals surface area contributed by atoms with Crippen LogP contribution in [0.15, 0.2) is 0 Å². The lowest BCUT2D eigenvalue weighted by molar-refractivity contribution is 0.0645. The molecular formula is C10H17N3. The Morgan fingerprint density at radius 3 is 3.08 bits per heavy atom. The van der Waals surface area contributed by atoms with Gasteiger partial charge < -0.3 is 10.2 Å². The molecule has 2 aliphatic heterocycles. The SMILES string of the molecule is CNC1(C#N)CCN2CCCC1C2. The van der Waals surface area contributed by atoms with Crippen molar-refractivity contribution in [2.75, 3.05) is 26.7 Å². The molecule has 2 bridgehead atoms. The highest BCUT2D eigenvalue weighted by Crippen LogP contribution is 2.33. The quantitative estimate of drug-likeness (QED) is 0.640. The Hall–Kier alpha value is -0.590. The zero-order chi connectivity index (χ0) is 9.31. The van der Waals surface area contributed by atoms with Gasteiger partial charge >= 0.3 is 0 Å². The van der Waals surface area contributed by atoms with Gasteiger partial charge in [-0.05, 0) is 32.9 Å². The van der Waals surface area contributed by atoms with Crippen molar-refractivity contribution in [3.63, 3.8) is 0 Å². The van der Waals surface area contributed by atoms with Crippen LogP contribution in [0, 0.1) is 17.2 Å². The Morgan fingerprint density at radius 2 is 2.38 bits per heavy atom. The van der Waals surface area contributed by atoms with Crippen LogP contribution in [0.3, 0.4) is 0 Å². The van der Waals surface area contributed by atoms with E-state index in [1.807, 2.05) is 7.05 Å². The molecule has 2 saturated heterocycles. The third kappa shape index (κ3) is 1.34. The minimum absolute atomic E-state index is 0.225. The highest BCUT2D eigenvalue weighted by Gasteiger charge is 2.43. The van der Waals surface area contributed by atoms with Gasteiger partial charge in [0.25, 0.3) is 0 Å². The van der Waals surface area contributed by atoms with Crippen LogP contribution in [-0.2, 0) is 0 Å². The normalized spacial score (nSPS) is 44.0. The van der Waals surface area contributed by atoms with Crippen molar-refractivity contribution in [3.05, 3.63) is 0 Å². The summed E-state index contributed by atoms with van der Waals surface area (Å²) in [6.45, 7) is 3.45. The summed E-state index contributed by atoms with van der Waals surface area (Å²) >= 11 is 0. The third-order valence-electron chi connectivity index (χ3n) is 3.67. The molecule has 2 rings (SSSR count). The molecule has 13 heavy (non-hydrogen) atoms. The van der Waals surface area contributed by atoms with Gasteiger partial charge in [0, 0.05) is 19.0 Å². The Bertz CT molecular complexity index is 233. The van der Waals surface area contributed by atoms with Crippen LogP contribution >= 0.6 is 0 Å². The van der Waals surface area contributed by atoms with Gasteiger partial charge in [0.15, 0.2) is 0 Å². The maximum absolute atomic E-state index is 9.22. The molecule has 3 atom stereocenters. The van der Waals surface area contributed by atoms with E-state index in [4.69, 9.17) is 0 Å². The number of hydrogen-bond donors (Lipinski definition) is 1. The van der Waals surface area contributed by atoms with Gasteiger partial charge in [-0.3, -0.25) is 0 Å². The molecule has 3 nitrogen and oxygen atoms in total. The lowest BCUT2D eigenvalue weighted by Crippen LogP contribution is -2.59. The molecule has 3 heteroatoms. The first-order chi connectivity index (χ1) is 6.30. The molecule has 0 aliphatic carbocycles. The average molecular weight is 179 g/mol. The van der Waals surface area contributed by atoms with Crippen LogP contribution in [0.5, 0.6) is 0 Å². The van der Waals surface area contributed by atoms with Crippen LogP contribution in [0.2, 0.25) is 0 Å². The summed E-state index contributed by atoms with van der Waals surface area (Å²) in [7, 11) is 1.92. The number of fused-ring (bicyclic) bond motifs is 2. The average Bonchev–Trinajstić information content (AvgIpc) is 2.20. The molecule has 0 radical (unpaired) electrons. The number of nitriles is 1. The molecule has 0 aromatic heterocycles. The van der Waals surface area contributed by atoms with Gasteiger partial charge in [0.05, 0.1) is 6.07 Å². The fourth-order valence-electron chi connectivity index (χ4n) is 2.73. The van der Waals surface area contributed by atoms with Gasteiger partial charge in [0.1, 0.15) is 5.54 Å². The molecule has 0 amide bonds. The molecule has 2 heterocycles. The molecule has 2 fully saturated rings. The van der Waals surface area contributed by atoms with Crippen molar-refractivity contribution < 1.29 is 0 Å². The van der Waals surface area contributed by atoms with Gasteiger partial charge in [-0.25, -0.2) is 0 Å². The number of nitrogens with zero attached hydrogens (tertiary/aromatic N) is 2. The van der Waals surface area contributed by atoms with E-state index in [0.717, 1.165) is 19.5 Å². The molecule has 2 aliphatic rings. The van der Waals surface area contributed by atoms with E-state index >= 15 is 0 Å². The third-order valence-corrected chi connectivity index (χ3v) is 3.67. The Kier molecular flexibility index (Phi) is 2.27. The first-order valence-electron chi connectivity index (χ1n) is 5.13. The predicted molar refractivity (Wildman–Crippen MR) is 51.2 cm³/mol. The van der Waals surface area contributed by atoms with E-state index in [2.05, 4.69) is 16.3 Å². The summed E-state index contributed by atoms with van der Waals surface area (Å²) in [6.07, 6.45) is 3.46. The van der Waals surface area contributed by atoms with E-state index in [1.54, 1.807) is 0 Å². The maximum atomic E-state index is 9.22. The van der Waals surface area contributed by atoms with Gasteiger partial charge in [-0.1, -0.05) is 0 Å². The lowest BCUT2D eigenvalue weighted by Gasteiger charge is -2.47. The summed E-state index contributed by atoms with van der Waals surface area (Å²) < 4.78 is 0. The van der Waals surface area contributed by atoms with Crippen molar-refractivity contribution in [1.29, 1.82) is 5.26 Å². The molecule has 1 N–H and O–H groups in total. The first kappa shape index (κ1) is 8.98. The molecule has 0 aromatic rings. The first-order valence-corrected chi connectivity index (χ1v) is 5.13. The topological polar surface area (TPSA) is 39.1 Å². The van der Waals surface area contributed by atoms with E-state index in [-0.39, 0.29) is 5.54 Å². The minimum atomic E-state index is -0.225. The summed E-state index contributed by atoms with van der Waals surface area (Å²) in [6, 6.07) is 2.48. The second-order valence-electron chi connectivity index (χ2n) is 4.22. The molecule has 3 unspecified atom stereocenters.